The minimum Gasteiger partial charge on any atom is -0.467 e. The van der Waals surface area contributed by atoms with Crippen LogP contribution < -0.4 is 5.56 Å². The lowest BCUT2D eigenvalue weighted by Crippen LogP contribution is -2.32. The SMILES string of the molecule is CCCCCCc1c(-c2cccc(C(F)(F)F)c2)c2n(c(=O)c1[N+](=O)[O-])[C@H](C(=O)OC)CS2. The first kappa shape index (κ1) is 24.8. The third-order valence-corrected chi connectivity index (χ3v) is 6.70. The molecule has 2 heterocycles. The zero-order chi connectivity index (χ0) is 24.3. The van der Waals surface area contributed by atoms with Crippen molar-refractivity contribution in [2.24, 2.45) is 0 Å². The van der Waals surface area contributed by atoms with Crippen molar-refractivity contribution >= 4 is 23.4 Å². The average Bonchev–Trinajstić information content (AvgIpc) is 3.21. The Kier molecular flexibility index (Phi) is 7.51. The maximum absolute atomic E-state index is 13.4. The van der Waals surface area contributed by atoms with Crippen LogP contribution >= 0.6 is 11.8 Å². The van der Waals surface area contributed by atoms with Crippen LogP contribution in [0.3, 0.4) is 0 Å². The van der Waals surface area contributed by atoms with E-state index >= 15 is 0 Å². The fourth-order valence-electron chi connectivity index (χ4n) is 3.98. The van der Waals surface area contributed by atoms with E-state index in [4.69, 9.17) is 4.74 Å². The van der Waals surface area contributed by atoms with Crippen LogP contribution in [0, 0.1) is 10.1 Å². The number of aromatic nitrogens is 1. The van der Waals surface area contributed by atoms with Gasteiger partial charge in [-0.05, 0) is 30.5 Å². The highest BCUT2D eigenvalue weighted by molar-refractivity contribution is 7.99. The highest BCUT2D eigenvalue weighted by Crippen LogP contribution is 2.45. The molecule has 0 saturated heterocycles. The van der Waals surface area contributed by atoms with E-state index in [1.165, 1.54) is 12.1 Å². The Morgan fingerprint density at radius 3 is 2.64 bits per heavy atom. The number of fused-ring (bicyclic) bond motifs is 1. The Morgan fingerprint density at radius 1 is 1.30 bits per heavy atom. The van der Waals surface area contributed by atoms with Gasteiger partial charge in [-0.2, -0.15) is 13.2 Å². The fraction of sp³-hybridized carbons (Fsp3) is 0.455. The van der Waals surface area contributed by atoms with Crippen molar-refractivity contribution in [1.29, 1.82) is 0 Å². The molecule has 1 aliphatic rings. The molecule has 1 aromatic carbocycles. The van der Waals surface area contributed by atoms with Gasteiger partial charge in [0.2, 0.25) is 0 Å². The van der Waals surface area contributed by atoms with Gasteiger partial charge in [0.05, 0.1) is 22.6 Å². The van der Waals surface area contributed by atoms with E-state index in [9.17, 15) is 32.9 Å². The molecule has 3 rings (SSSR count). The van der Waals surface area contributed by atoms with Crippen LogP contribution in [0.5, 0.6) is 0 Å². The second kappa shape index (κ2) is 9.98. The van der Waals surface area contributed by atoms with Crippen LogP contribution in [0.1, 0.15) is 49.8 Å². The molecule has 0 fully saturated rings. The fourth-order valence-corrected chi connectivity index (χ4v) is 5.31. The summed E-state index contributed by atoms with van der Waals surface area (Å²) in [6, 6.07) is 3.40. The number of ether oxygens (including phenoxy) is 1. The first-order valence-corrected chi connectivity index (χ1v) is 11.4. The van der Waals surface area contributed by atoms with Gasteiger partial charge in [0.25, 0.3) is 0 Å². The second-order valence-electron chi connectivity index (χ2n) is 7.68. The van der Waals surface area contributed by atoms with Gasteiger partial charge in [-0.15, -0.1) is 11.8 Å². The summed E-state index contributed by atoms with van der Waals surface area (Å²) >= 11 is 1.11. The quantitative estimate of drug-likeness (QED) is 0.216. The molecule has 0 amide bonds. The predicted molar refractivity (Wildman–Crippen MR) is 117 cm³/mol. The first-order valence-electron chi connectivity index (χ1n) is 10.5. The summed E-state index contributed by atoms with van der Waals surface area (Å²) in [4.78, 5) is 36.6. The Bertz CT molecular complexity index is 1130. The molecule has 0 radical (unpaired) electrons. The number of esters is 1. The number of hydrogen-bond donors (Lipinski definition) is 0. The van der Waals surface area contributed by atoms with E-state index in [-0.39, 0.29) is 33.9 Å². The Balaban J connectivity index is 2.33. The van der Waals surface area contributed by atoms with Crippen LogP contribution in [-0.4, -0.2) is 28.3 Å². The third kappa shape index (κ3) is 4.92. The van der Waals surface area contributed by atoms with E-state index in [1.54, 1.807) is 0 Å². The van der Waals surface area contributed by atoms with Crippen LogP contribution in [0.2, 0.25) is 0 Å². The number of nitro groups is 1. The van der Waals surface area contributed by atoms with Crippen LogP contribution in [0.25, 0.3) is 11.1 Å². The molecule has 178 valence electrons. The molecule has 0 aliphatic carbocycles. The molecule has 2 aromatic rings. The molecule has 0 N–H and O–H groups in total. The number of halogens is 3. The number of nitrogens with zero attached hydrogens (tertiary/aromatic N) is 2. The first-order chi connectivity index (χ1) is 15.6. The van der Waals surface area contributed by atoms with Crippen molar-refractivity contribution in [3.8, 4) is 11.1 Å². The lowest BCUT2D eigenvalue weighted by atomic mass is 9.94. The zero-order valence-corrected chi connectivity index (χ0v) is 18.9. The molecule has 0 bridgehead atoms. The van der Waals surface area contributed by atoms with Crippen molar-refractivity contribution < 1.29 is 27.6 Å². The van der Waals surface area contributed by atoms with Gasteiger partial charge < -0.3 is 4.74 Å². The van der Waals surface area contributed by atoms with Gasteiger partial charge in [-0.3, -0.25) is 19.5 Å². The molecule has 0 spiro atoms. The molecule has 33 heavy (non-hydrogen) atoms. The van der Waals surface area contributed by atoms with Gasteiger partial charge in [0.1, 0.15) is 6.04 Å². The highest BCUT2D eigenvalue weighted by Gasteiger charge is 2.39. The number of alkyl halides is 3. The van der Waals surface area contributed by atoms with Crippen molar-refractivity contribution in [3.63, 3.8) is 0 Å². The van der Waals surface area contributed by atoms with Gasteiger partial charge in [0.15, 0.2) is 0 Å². The number of carbonyl (C=O) groups is 1. The summed E-state index contributed by atoms with van der Waals surface area (Å²) in [5.41, 5.74) is -2.15. The maximum Gasteiger partial charge on any atom is 0.416 e. The highest BCUT2D eigenvalue weighted by atomic mass is 32.2. The Labute approximate surface area is 192 Å². The number of benzene rings is 1. The van der Waals surface area contributed by atoms with Gasteiger partial charge in [-0.25, -0.2) is 4.79 Å². The monoisotopic (exact) mass is 484 g/mol. The molecule has 1 atom stereocenters. The van der Waals surface area contributed by atoms with E-state index in [0.29, 0.717) is 6.42 Å². The molecule has 0 saturated carbocycles. The molecular weight excluding hydrogens is 461 g/mol. The normalized spacial score (nSPS) is 15.4. The number of thioether (sulfide) groups is 1. The molecular formula is C22H23F3N2O5S. The van der Waals surface area contributed by atoms with Gasteiger partial charge >= 0.3 is 23.4 Å². The summed E-state index contributed by atoms with van der Waals surface area (Å²) < 4.78 is 46.0. The summed E-state index contributed by atoms with van der Waals surface area (Å²) in [7, 11) is 1.14. The Hall–Kier alpha value is -2.82. The van der Waals surface area contributed by atoms with E-state index in [1.807, 2.05) is 6.92 Å². The van der Waals surface area contributed by atoms with E-state index in [2.05, 4.69) is 0 Å². The van der Waals surface area contributed by atoms with Crippen molar-refractivity contribution in [2.75, 3.05) is 12.9 Å². The van der Waals surface area contributed by atoms with E-state index < -0.39 is 39.9 Å². The van der Waals surface area contributed by atoms with Crippen LogP contribution in [0.15, 0.2) is 34.1 Å². The Morgan fingerprint density at radius 2 is 2.03 bits per heavy atom. The predicted octanol–water partition coefficient (Wildman–Crippen LogP) is 5.38. The second-order valence-corrected chi connectivity index (χ2v) is 8.69. The van der Waals surface area contributed by atoms with Gasteiger partial charge in [-0.1, -0.05) is 38.3 Å². The van der Waals surface area contributed by atoms with Crippen molar-refractivity contribution in [1.82, 2.24) is 4.57 Å². The summed E-state index contributed by atoms with van der Waals surface area (Å²) in [6.07, 6.45) is -1.35. The number of methoxy groups -OCH3 is 1. The van der Waals surface area contributed by atoms with Crippen molar-refractivity contribution in [3.05, 3.63) is 55.9 Å². The molecule has 11 heteroatoms. The largest absolute Gasteiger partial charge is 0.467 e. The van der Waals surface area contributed by atoms with Crippen LogP contribution in [-0.2, 0) is 22.1 Å². The number of carbonyl (C=O) groups excluding carboxylic acids is 1. The standard InChI is InChI=1S/C22H23F3N2O5S/c1-3-4-5-6-10-15-17(13-8-7-9-14(11-13)22(23,24)25)20-26(19(28)18(15)27(30)31)16(12-33-20)21(29)32-2/h7-9,11,16H,3-6,10,12H2,1-2H3/t16-/m0/s1. The number of hydrogen-bond acceptors (Lipinski definition) is 6. The van der Waals surface area contributed by atoms with E-state index in [0.717, 1.165) is 54.8 Å². The number of rotatable bonds is 8. The number of unbranched alkanes of at least 4 members (excludes halogenated alkanes) is 3. The molecule has 1 aromatic heterocycles. The summed E-state index contributed by atoms with van der Waals surface area (Å²) in [5.74, 6) is -0.659. The van der Waals surface area contributed by atoms with Crippen molar-refractivity contribution in [2.45, 2.75) is 56.3 Å². The molecule has 0 unspecified atom stereocenters. The topological polar surface area (TPSA) is 91.4 Å². The zero-order valence-electron chi connectivity index (χ0n) is 18.1. The summed E-state index contributed by atoms with van der Waals surface area (Å²) in [6.45, 7) is 2.00. The average molecular weight is 484 g/mol. The lowest BCUT2D eigenvalue weighted by Gasteiger charge is -2.18. The number of pyridine rings is 1. The van der Waals surface area contributed by atoms with Crippen LogP contribution in [0.4, 0.5) is 18.9 Å². The molecule has 7 nitrogen and oxygen atoms in total. The maximum atomic E-state index is 13.4. The minimum absolute atomic E-state index is 0.0876. The van der Waals surface area contributed by atoms with Gasteiger partial charge in [0, 0.05) is 16.9 Å². The lowest BCUT2D eigenvalue weighted by molar-refractivity contribution is -0.387. The molecule has 1 aliphatic heterocycles. The smallest absolute Gasteiger partial charge is 0.416 e. The summed E-state index contributed by atoms with van der Waals surface area (Å²) in [5, 5.41) is 12.2. The third-order valence-electron chi connectivity index (χ3n) is 5.55. The minimum atomic E-state index is -4.61.